The van der Waals surface area contributed by atoms with Crippen molar-refractivity contribution in [2.45, 2.75) is 52.1 Å². The van der Waals surface area contributed by atoms with E-state index in [4.69, 9.17) is 4.74 Å². The van der Waals surface area contributed by atoms with Crippen LogP contribution in [0.3, 0.4) is 0 Å². The van der Waals surface area contributed by atoms with Gasteiger partial charge in [-0.1, -0.05) is 43.7 Å². The molecule has 0 saturated heterocycles. The normalized spacial score (nSPS) is 25.6. The van der Waals surface area contributed by atoms with Crippen LogP contribution in [0.5, 0.6) is 0 Å². The summed E-state index contributed by atoms with van der Waals surface area (Å²) in [7, 11) is 0. The first-order valence-corrected chi connectivity index (χ1v) is 7.95. The molecule has 1 aromatic rings. The van der Waals surface area contributed by atoms with Gasteiger partial charge in [-0.15, -0.1) is 0 Å². The molecule has 1 N–H and O–H groups in total. The lowest BCUT2D eigenvalue weighted by Crippen LogP contribution is -2.47. The highest BCUT2D eigenvalue weighted by Gasteiger charge is 2.55. The Labute approximate surface area is 131 Å². The van der Waals surface area contributed by atoms with Gasteiger partial charge in [0.1, 0.15) is 11.5 Å². The number of carbonyl (C=O) groups excluding carboxylic acids is 1. The first-order valence-electron chi connectivity index (χ1n) is 7.95. The zero-order valence-electron chi connectivity index (χ0n) is 13.2. The third-order valence-corrected chi connectivity index (χ3v) is 4.88. The van der Waals surface area contributed by atoms with Crippen molar-refractivity contribution in [3.63, 3.8) is 0 Å². The second-order valence-corrected chi connectivity index (χ2v) is 6.13. The van der Waals surface area contributed by atoms with Crippen LogP contribution >= 0.6 is 0 Å². The van der Waals surface area contributed by atoms with E-state index in [-0.39, 0.29) is 5.92 Å². The van der Waals surface area contributed by atoms with Crippen LogP contribution in [0.25, 0.3) is 0 Å². The predicted molar refractivity (Wildman–Crippen MR) is 83.4 cm³/mol. The summed E-state index contributed by atoms with van der Waals surface area (Å²) in [4.78, 5) is 23.5. The van der Waals surface area contributed by atoms with Crippen LogP contribution in [-0.2, 0) is 20.7 Å². The first-order chi connectivity index (χ1) is 10.5. The largest absolute Gasteiger partial charge is 0.481 e. The number of rotatable bonds is 6. The molecule has 1 saturated carbocycles. The summed E-state index contributed by atoms with van der Waals surface area (Å²) < 4.78 is 5.39. The van der Waals surface area contributed by atoms with Gasteiger partial charge < -0.3 is 9.84 Å². The molecule has 120 valence electrons. The maximum absolute atomic E-state index is 12.1. The lowest BCUT2D eigenvalue weighted by atomic mass is 9.68. The van der Waals surface area contributed by atoms with E-state index in [2.05, 4.69) is 0 Å². The summed E-state index contributed by atoms with van der Waals surface area (Å²) in [6.07, 6.45) is 2.93. The van der Waals surface area contributed by atoms with Crippen molar-refractivity contribution in [3.05, 3.63) is 35.9 Å². The summed E-state index contributed by atoms with van der Waals surface area (Å²) in [6.45, 7) is 3.37. The molecule has 3 unspecified atom stereocenters. The van der Waals surface area contributed by atoms with Gasteiger partial charge in [0.2, 0.25) is 0 Å². The van der Waals surface area contributed by atoms with Crippen molar-refractivity contribution in [2.75, 3.05) is 0 Å². The number of carbonyl (C=O) groups is 2. The topological polar surface area (TPSA) is 63.6 Å². The van der Waals surface area contributed by atoms with E-state index in [1.54, 1.807) is 0 Å². The fourth-order valence-corrected chi connectivity index (χ4v) is 3.84. The number of hydrogen-bond acceptors (Lipinski definition) is 3. The Morgan fingerprint density at radius 1 is 1.36 bits per heavy atom. The second kappa shape index (κ2) is 6.95. The molecule has 4 heteroatoms. The van der Waals surface area contributed by atoms with Crippen LogP contribution in [-0.4, -0.2) is 23.1 Å². The number of hydrogen-bond donors (Lipinski definition) is 1. The average Bonchev–Trinajstić information content (AvgIpc) is 2.89. The van der Waals surface area contributed by atoms with Crippen LogP contribution in [0.4, 0.5) is 0 Å². The molecule has 1 aliphatic rings. The monoisotopic (exact) mass is 304 g/mol. The van der Waals surface area contributed by atoms with Gasteiger partial charge in [0.05, 0.1) is 0 Å². The summed E-state index contributed by atoms with van der Waals surface area (Å²) in [5.41, 5.74) is 0.166. The molecule has 0 radical (unpaired) electrons. The SMILES string of the molecule is CCC(Cc1ccccc1)C1(C(=O)O)CCCC1OC(C)=O. The minimum atomic E-state index is -0.962. The van der Waals surface area contributed by atoms with Gasteiger partial charge in [0.25, 0.3) is 0 Å². The number of ether oxygens (including phenoxy) is 1. The van der Waals surface area contributed by atoms with Crippen LogP contribution in [0.15, 0.2) is 30.3 Å². The van der Waals surface area contributed by atoms with Crippen LogP contribution in [0.1, 0.15) is 45.1 Å². The van der Waals surface area contributed by atoms with Gasteiger partial charge >= 0.3 is 11.9 Å². The summed E-state index contributed by atoms with van der Waals surface area (Å²) in [5.74, 6) is -1.27. The minimum Gasteiger partial charge on any atom is -0.481 e. The number of esters is 1. The maximum Gasteiger partial charge on any atom is 0.313 e. The van der Waals surface area contributed by atoms with Gasteiger partial charge in [-0.05, 0) is 37.2 Å². The lowest BCUT2D eigenvalue weighted by molar-refractivity contribution is -0.170. The molecule has 1 aliphatic carbocycles. The number of aliphatic carboxylic acids is 1. The van der Waals surface area contributed by atoms with Crippen molar-refractivity contribution >= 4 is 11.9 Å². The van der Waals surface area contributed by atoms with E-state index >= 15 is 0 Å². The van der Waals surface area contributed by atoms with E-state index < -0.39 is 23.5 Å². The van der Waals surface area contributed by atoms with E-state index in [9.17, 15) is 14.7 Å². The second-order valence-electron chi connectivity index (χ2n) is 6.13. The van der Waals surface area contributed by atoms with E-state index in [1.807, 2.05) is 37.3 Å². The van der Waals surface area contributed by atoms with Crippen molar-refractivity contribution in [3.8, 4) is 0 Å². The van der Waals surface area contributed by atoms with Crippen LogP contribution in [0.2, 0.25) is 0 Å². The maximum atomic E-state index is 12.1. The van der Waals surface area contributed by atoms with Gasteiger partial charge in [0.15, 0.2) is 0 Å². The summed E-state index contributed by atoms with van der Waals surface area (Å²) in [6, 6.07) is 9.93. The molecule has 4 nitrogen and oxygen atoms in total. The van der Waals surface area contributed by atoms with Crippen molar-refractivity contribution in [1.82, 2.24) is 0 Å². The highest BCUT2D eigenvalue weighted by molar-refractivity contribution is 5.77. The molecule has 0 spiro atoms. The number of carboxylic acids is 1. The molecule has 0 bridgehead atoms. The Hall–Kier alpha value is -1.84. The van der Waals surface area contributed by atoms with E-state index in [0.717, 1.165) is 18.4 Å². The Balaban J connectivity index is 2.31. The van der Waals surface area contributed by atoms with Gasteiger partial charge in [-0.2, -0.15) is 0 Å². The fraction of sp³-hybridized carbons (Fsp3) is 0.556. The molecular weight excluding hydrogens is 280 g/mol. The molecule has 22 heavy (non-hydrogen) atoms. The minimum absolute atomic E-state index is 0.0424. The van der Waals surface area contributed by atoms with Gasteiger partial charge in [0, 0.05) is 6.92 Å². The Morgan fingerprint density at radius 2 is 2.05 bits per heavy atom. The average molecular weight is 304 g/mol. The van der Waals surface area contributed by atoms with Crippen molar-refractivity contribution < 1.29 is 19.4 Å². The third kappa shape index (κ3) is 3.16. The lowest BCUT2D eigenvalue weighted by Gasteiger charge is -2.37. The molecule has 3 atom stereocenters. The van der Waals surface area contributed by atoms with E-state index in [0.29, 0.717) is 19.3 Å². The van der Waals surface area contributed by atoms with Gasteiger partial charge in [-0.25, -0.2) is 0 Å². The zero-order chi connectivity index (χ0) is 16.2. The van der Waals surface area contributed by atoms with Gasteiger partial charge in [-0.3, -0.25) is 9.59 Å². The predicted octanol–water partition coefficient (Wildman–Crippen LogP) is 3.44. The molecular formula is C18H24O4. The molecule has 0 aliphatic heterocycles. The Morgan fingerprint density at radius 3 is 2.59 bits per heavy atom. The van der Waals surface area contributed by atoms with Crippen LogP contribution < -0.4 is 0 Å². The zero-order valence-corrected chi connectivity index (χ0v) is 13.2. The molecule has 1 aromatic carbocycles. The molecule has 0 amide bonds. The van der Waals surface area contributed by atoms with E-state index in [1.165, 1.54) is 6.92 Å². The highest BCUT2D eigenvalue weighted by atomic mass is 16.5. The fourth-order valence-electron chi connectivity index (χ4n) is 3.84. The number of carboxylic acid groups (broad SMARTS) is 1. The molecule has 0 aromatic heterocycles. The summed E-state index contributed by atoms with van der Waals surface area (Å²) >= 11 is 0. The standard InChI is InChI=1S/C18H24O4/c1-3-15(12-14-8-5-4-6-9-14)18(17(20)21)11-7-10-16(18)22-13(2)19/h4-6,8-9,15-16H,3,7,10-12H2,1-2H3,(H,20,21). The number of benzene rings is 1. The van der Waals surface area contributed by atoms with Crippen molar-refractivity contribution in [2.24, 2.45) is 11.3 Å². The third-order valence-electron chi connectivity index (χ3n) is 4.88. The summed E-state index contributed by atoms with van der Waals surface area (Å²) in [5, 5.41) is 9.94. The smallest absolute Gasteiger partial charge is 0.313 e. The first kappa shape index (κ1) is 16.5. The molecule has 2 rings (SSSR count). The quantitative estimate of drug-likeness (QED) is 0.818. The van der Waals surface area contributed by atoms with Crippen LogP contribution in [0, 0.1) is 11.3 Å². The van der Waals surface area contributed by atoms with Crippen molar-refractivity contribution in [1.29, 1.82) is 0 Å². The Kier molecular flexibility index (Phi) is 5.22. The Bertz CT molecular complexity index is 525. The molecule has 0 heterocycles. The molecule has 1 fully saturated rings. The highest BCUT2D eigenvalue weighted by Crippen LogP contribution is 2.49.